The van der Waals surface area contributed by atoms with Gasteiger partial charge >= 0.3 is 0 Å². The summed E-state index contributed by atoms with van der Waals surface area (Å²) in [7, 11) is 0. The first-order valence-electron chi connectivity index (χ1n) is 11.7. The molecule has 0 fully saturated rings. The van der Waals surface area contributed by atoms with Gasteiger partial charge in [-0.05, 0) is 57.1 Å². The zero-order valence-corrected chi connectivity index (χ0v) is 19.6. The van der Waals surface area contributed by atoms with E-state index in [0.29, 0.717) is 19.0 Å². The highest BCUT2D eigenvalue weighted by Gasteiger charge is 2.15. The molecule has 1 aliphatic heterocycles. The first-order chi connectivity index (χ1) is 15.1. The Balaban J connectivity index is 1.62. The summed E-state index contributed by atoms with van der Waals surface area (Å²) in [6.07, 6.45) is 5.67. The number of hydrogen-bond donors (Lipinski definition) is 2. The Kier molecular flexibility index (Phi) is 8.74. The Labute approximate surface area is 186 Å². The molecule has 3 rings (SSSR count). The second-order valence-corrected chi connectivity index (χ2v) is 8.69. The summed E-state index contributed by atoms with van der Waals surface area (Å²) in [5, 5.41) is 15.5. The van der Waals surface area contributed by atoms with E-state index in [1.54, 1.807) is 0 Å². The maximum Gasteiger partial charge on any atom is 0.191 e. The topological polar surface area (TPSA) is 76.4 Å². The standard InChI is InChI=1S/C24H38N6O/c1-5-25-24(27-17-23-29-28-22-10-6-7-13-30(22)23)26-16-20-12-11-19(4)15-21(20)31-14-8-9-18(2)3/h11-12,15,18H,5-10,13-14,16-17H2,1-4H3,(H2,25,26,27). The van der Waals surface area contributed by atoms with Crippen molar-refractivity contribution in [3.05, 3.63) is 41.0 Å². The maximum atomic E-state index is 6.11. The van der Waals surface area contributed by atoms with E-state index in [4.69, 9.17) is 9.73 Å². The van der Waals surface area contributed by atoms with Crippen LogP contribution in [0.4, 0.5) is 0 Å². The van der Waals surface area contributed by atoms with E-state index in [0.717, 1.165) is 61.5 Å². The Bertz CT molecular complexity index is 858. The average Bonchev–Trinajstić information content (AvgIpc) is 3.17. The number of guanidine groups is 1. The van der Waals surface area contributed by atoms with Gasteiger partial charge < -0.3 is 19.9 Å². The molecule has 0 amide bonds. The van der Waals surface area contributed by atoms with Gasteiger partial charge in [-0.1, -0.05) is 26.0 Å². The van der Waals surface area contributed by atoms with Crippen LogP contribution in [0.15, 0.2) is 23.2 Å². The summed E-state index contributed by atoms with van der Waals surface area (Å²) in [6, 6.07) is 6.35. The summed E-state index contributed by atoms with van der Waals surface area (Å²) < 4.78 is 8.35. The second kappa shape index (κ2) is 11.7. The lowest BCUT2D eigenvalue weighted by Gasteiger charge is -2.16. The molecule has 1 aliphatic rings. The van der Waals surface area contributed by atoms with Crippen LogP contribution in [0.2, 0.25) is 0 Å². The van der Waals surface area contributed by atoms with Crippen molar-refractivity contribution in [2.24, 2.45) is 10.9 Å². The van der Waals surface area contributed by atoms with Crippen molar-refractivity contribution in [3.63, 3.8) is 0 Å². The fourth-order valence-electron chi connectivity index (χ4n) is 3.77. The third-order valence-corrected chi connectivity index (χ3v) is 5.51. The van der Waals surface area contributed by atoms with Crippen molar-refractivity contribution >= 4 is 5.96 Å². The molecule has 0 unspecified atom stereocenters. The molecule has 2 aromatic rings. The molecule has 2 heterocycles. The van der Waals surface area contributed by atoms with Gasteiger partial charge in [0.15, 0.2) is 11.8 Å². The number of nitrogens with zero attached hydrogens (tertiary/aromatic N) is 4. The lowest BCUT2D eigenvalue weighted by atomic mass is 10.1. The highest BCUT2D eigenvalue weighted by Crippen LogP contribution is 2.22. The van der Waals surface area contributed by atoms with Gasteiger partial charge in [0.05, 0.1) is 19.7 Å². The van der Waals surface area contributed by atoms with Crippen LogP contribution in [-0.2, 0) is 26.1 Å². The number of rotatable bonds is 10. The van der Waals surface area contributed by atoms with Crippen LogP contribution in [0, 0.1) is 12.8 Å². The number of aromatic nitrogens is 3. The van der Waals surface area contributed by atoms with Crippen LogP contribution >= 0.6 is 0 Å². The zero-order valence-electron chi connectivity index (χ0n) is 19.6. The number of benzene rings is 1. The fourth-order valence-corrected chi connectivity index (χ4v) is 3.77. The summed E-state index contributed by atoms with van der Waals surface area (Å²) >= 11 is 0. The van der Waals surface area contributed by atoms with Crippen LogP contribution in [0.25, 0.3) is 0 Å². The van der Waals surface area contributed by atoms with Gasteiger partial charge in [0.1, 0.15) is 11.6 Å². The van der Waals surface area contributed by atoms with Gasteiger partial charge in [-0.2, -0.15) is 0 Å². The van der Waals surface area contributed by atoms with Crippen LogP contribution in [0.3, 0.4) is 0 Å². The largest absolute Gasteiger partial charge is 0.493 e. The van der Waals surface area contributed by atoms with Gasteiger partial charge in [-0.3, -0.25) is 0 Å². The third-order valence-electron chi connectivity index (χ3n) is 5.51. The lowest BCUT2D eigenvalue weighted by molar-refractivity contribution is 0.295. The maximum absolute atomic E-state index is 6.11. The molecule has 0 saturated heterocycles. The van der Waals surface area contributed by atoms with Crippen molar-refractivity contribution in [3.8, 4) is 5.75 Å². The molecule has 0 atom stereocenters. The average molecular weight is 427 g/mol. The summed E-state index contributed by atoms with van der Waals surface area (Å²) in [6.45, 7) is 12.4. The van der Waals surface area contributed by atoms with Gasteiger partial charge in [-0.15, -0.1) is 10.2 Å². The molecule has 170 valence electrons. The molecule has 1 aromatic carbocycles. The van der Waals surface area contributed by atoms with Gasteiger partial charge in [0.25, 0.3) is 0 Å². The minimum absolute atomic E-state index is 0.563. The van der Waals surface area contributed by atoms with Crippen LogP contribution in [-0.4, -0.2) is 33.9 Å². The Morgan fingerprint density at radius 1 is 1.23 bits per heavy atom. The Hall–Kier alpha value is -2.57. The van der Waals surface area contributed by atoms with E-state index in [-0.39, 0.29) is 0 Å². The fraction of sp³-hybridized carbons (Fsp3) is 0.625. The highest BCUT2D eigenvalue weighted by molar-refractivity contribution is 5.79. The minimum Gasteiger partial charge on any atom is -0.493 e. The third kappa shape index (κ3) is 6.97. The van der Waals surface area contributed by atoms with Crippen LogP contribution in [0.5, 0.6) is 5.75 Å². The van der Waals surface area contributed by atoms with E-state index in [1.807, 2.05) is 0 Å². The summed E-state index contributed by atoms with van der Waals surface area (Å²) in [4.78, 5) is 4.80. The van der Waals surface area contributed by atoms with Crippen molar-refractivity contribution in [2.45, 2.75) is 79.4 Å². The minimum atomic E-state index is 0.563. The molecule has 31 heavy (non-hydrogen) atoms. The molecular formula is C24H38N6O. The number of aliphatic imine (C=N–C) groups is 1. The molecule has 0 aliphatic carbocycles. The van der Waals surface area contributed by atoms with Crippen molar-refractivity contribution in [1.29, 1.82) is 0 Å². The molecular weight excluding hydrogens is 388 g/mol. The van der Waals surface area contributed by atoms with Gasteiger partial charge in [-0.25, -0.2) is 4.99 Å². The van der Waals surface area contributed by atoms with E-state index < -0.39 is 0 Å². The summed E-state index contributed by atoms with van der Waals surface area (Å²) in [5.74, 6) is 4.50. The van der Waals surface area contributed by atoms with E-state index in [9.17, 15) is 0 Å². The quantitative estimate of drug-likeness (QED) is 0.341. The zero-order chi connectivity index (χ0) is 22.1. The monoisotopic (exact) mass is 426 g/mol. The molecule has 0 spiro atoms. The lowest BCUT2D eigenvalue weighted by Crippen LogP contribution is -2.37. The van der Waals surface area contributed by atoms with Crippen LogP contribution < -0.4 is 15.4 Å². The van der Waals surface area contributed by atoms with Crippen molar-refractivity contribution in [2.75, 3.05) is 13.2 Å². The predicted octanol–water partition coefficient (Wildman–Crippen LogP) is 3.99. The smallest absolute Gasteiger partial charge is 0.191 e. The number of fused-ring (bicyclic) bond motifs is 1. The summed E-state index contributed by atoms with van der Waals surface area (Å²) in [5.41, 5.74) is 2.31. The highest BCUT2D eigenvalue weighted by atomic mass is 16.5. The Morgan fingerprint density at radius 3 is 2.90 bits per heavy atom. The van der Waals surface area contributed by atoms with Crippen molar-refractivity contribution in [1.82, 2.24) is 25.4 Å². The SMILES string of the molecule is CCNC(=NCc1ccc(C)cc1OCCCC(C)C)NCc1nnc2n1CCCC2. The van der Waals surface area contributed by atoms with E-state index in [1.165, 1.54) is 24.8 Å². The molecule has 0 bridgehead atoms. The molecule has 0 saturated carbocycles. The normalized spacial score (nSPS) is 13.9. The van der Waals surface area contributed by atoms with Gasteiger partial charge in [0, 0.05) is 25.1 Å². The number of nitrogens with one attached hydrogen (secondary N) is 2. The van der Waals surface area contributed by atoms with Gasteiger partial charge in [0.2, 0.25) is 0 Å². The second-order valence-electron chi connectivity index (χ2n) is 8.69. The molecule has 0 radical (unpaired) electrons. The van der Waals surface area contributed by atoms with E-state index >= 15 is 0 Å². The number of ether oxygens (including phenoxy) is 1. The molecule has 2 N–H and O–H groups in total. The number of hydrogen-bond acceptors (Lipinski definition) is 4. The van der Waals surface area contributed by atoms with E-state index in [2.05, 4.69) is 71.3 Å². The molecule has 7 nitrogen and oxygen atoms in total. The van der Waals surface area contributed by atoms with Crippen LogP contribution in [0.1, 0.15) is 69.2 Å². The Morgan fingerprint density at radius 2 is 2.10 bits per heavy atom. The first-order valence-corrected chi connectivity index (χ1v) is 11.7. The van der Waals surface area contributed by atoms with Crippen molar-refractivity contribution < 1.29 is 4.74 Å². The predicted molar refractivity (Wildman–Crippen MR) is 125 cm³/mol. The number of aryl methyl sites for hydroxylation is 2. The first kappa shape index (κ1) is 23.1. The molecule has 7 heteroatoms. The molecule has 1 aromatic heterocycles.